The lowest BCUT2D eigenvalue weighted by Gasteiger charge is -2.46. The van der Waals surface area contributed by atoms with Crippen LogP contribution in [0.1, 0.15) is 51.9 Å². The maximum absolute atomic E-state index is 13.7. The Morgan fingerprint density at radius 3 is 1.80 bits per heavy atom. The van der Waals surface area contributed by atoms with E-state index >= 15 is 0 Å². The molecule has 0 aliphatic carbocycles. The second kappa shape index (κ2) is 11.8. The summed E-state index contributed by atoms with van der Waals surface area (Å²) >= 11 is 0. The molecular formula is C35H30N4O2. The molecule has 0 fully saturated rings. The van der Waals surface area contributed by atoms with Crippen LogP contribution in [0, 0.1) is 36.5 Å². The summed E-state index contributed by atoms with van der Waals surface area (Å²) in [5.74, 6) is -0.427. The normalized spacial score (nSPS) is 16.5. The Labute approximate surface area is 240 Å². The van der Waals surface area contributed by atoms with Gasteiger partial charge in [-0.05, 0) is 73.5 Å². The molecular weight excluding hydrogens is 508 g/mol. The molecule has 6 heteroatoms. The highest BCUT2D eigenvalue weighted by molar-refractivity contribution is 5.93. The number of ether oxygens (including phenoxy) is 1. The minimum atomic E-state index is -0.528. The molecule has 5 rings (SSSR count). The first-order valence-electron chi connectivity index (χ1n) is 13.4. The summed E-state index contributed by atoms with van der Waals surface area (Å²) in [6, 6.07) is 34.9. The van der Waals surface area contributed by atoms with Crippen LogP contribution in [0.2, 0.25) is 0 Å². The lowest BCUT2D eigenvalue weighted by atomic mass is 9.83. The average molecular weight is 539 g/mol. The van der Waals surface area contributed by atoms with Gasteiger partial charge in [0.25, 0.3) is 0 Å². The van der Waals surface area contributed by atoms with E-state index in [2.05, 4.69) is 46.6 Å². The van der Waals surface area contributed by atoms with Crippen molar-refractivity contribution in [2.75, 3.05) is 17.3 Å². The van der Waals surface area contributed by atoms with Crippen molar-refractivity contribution < 1.29 is 9.53 Å². The minimum absolute atomic E-state index is 0.188. The van der Waals surface area contributed by atoms with Crippen molar-refractivity contribution in [3.8, 4) is 12.1 Å². The quantitative estimate of drug-likeness (QED) is 0.260. The zero-order chi connectivity index (χ0) is 28.9. The molecule has 1 N–H and O–H groups in total. The van der Waals surface area contributed by atoms with E-state index in [1.807, 2.05) is 74.5 Å². The molecule has 0 bridgehead atoms. The second-order valence-corrected chi connectivity index (χ2v) is 10.2. The second-order valence-electron chi connectivity index (χ2n) is 10.2. The topological polar surface area (TPSA) is 89.2 Å². The molecule has 0 unspecified atom stereocenters. The van der Waals surface area contributed by atoms with Gasteiger partial charge in [0.05, 0.1) is 48.0 Å². The van der Waals surface area contributed by atoms with Crippen molar-refractivity contribution >= 4 is 17.3 Å². The van der Waals surface area contributed by atoms with Gasteiger partial charge in [0.15, 0.2) is 0 Å². The predicted octanol–water partition coefficient (Wildman–Crippen LogP) is 7.28. The number of nitrogens with zero attached hydrogens (tertiary/aromatic N) is 3. The number of carbonyl (C=O) groups excluding carboxylic acids is 1. The first-order valence-corrected chi connectivity index (χ1v) is 13.4. The van der Waals surface area contributed by atoms with Crippen molar-refractivity contribution in [3.05, 3.63) is 142 Å². The van der Waals surface area contributed by atoms with Crippen LogP contribution in [-0.4, -0.2) is 13.1 Å². The van der Waals surface area contributed by atoms with E-state index in [0.29, 0.717) is 23.1 Å². The Kier molecular flexibility index (Phi) is 7.85. The SMILES string of the molecule is COC(=O)C1=C(Nc2ccc(C)cc2)C[C@@H](c2ccc(C#N)cc2)N(c2ccc(C)cc2)[C@@H]1c1ccc(C#N)cc1. The molecule has 41 heavy (non-hydrogen) atoms. The largest absolute Gasteiger partial charge is 0.466 e. The van der Waals surface area contributed by atoms with Crippen LogP contribution in [0.5, 0.6) is 0 Å². The van der Waals surface area contributed by atoms with Gasteiger partial charge in [-0.15, -0.1) is 0 Å². The number of methoxy groups -OCH3 is 1. The Hall–Kier alpha value is -5.33. The number of esters is 1. The van der Waals surface area contributed by atoms with Gasteiger partial charge in [0.2, 0.25) is 0 Å². The van der Waals surface area contributed by atoms with Crippen LogP contribution < -0.4 is 10.2 Å². The third-order valence-electron chi connectivity index (χ3n) is 7.47. The summed E-state index contributed by atoms with van der Waals surface area (Å²) in [4.78, 5) is 15.9. The number of anilines is 2. The van der Waals surface area contributed by atoms with E-state index in [4.69, 9.17) is 4.74 Å². The number of benzene rings is 4. The van der Waals surface area contributed by atoms with Gasteiger partial charge in [-0.3, -0.25) is 0 Å². The van der Waals surface area contributed by atoms with Crippen LogP contribution >= 0.6 is 0 Å². The first-order chi connectivity index (χ1) is 19.9. The third-order valence-corrected chi connectivity index (χ3v) is 7.47. The van der Waals surface area contributed by atoms with Crippen molar-refractivity contribution in [3.63, 3.8) is 0 Å². The molecule has 0 spiro atoms. The summed E-state index contributed by atoms with van der Waals surface area (Å²) in [5, 5.41) is 22.4. The van der Waals surface area contributed by atoms with Crippen LogP contribution in [0.3, 0.4) is 0 Å². The highest BCUT2D eigenvalue weighted by Crippen LogP contribution is 2.48. The van der Waals surface area contributed by atoms with Gasteiger partial charge in [0.1, 0.15) is 0 Å². The van der Waals surface area contributed by atoms with Crippen molar-refractivity contribution in [1.82, 2.24) is 0 Å². The summed E-state index contributed by atoms with van der Waals surface area (Å²) < 4.78 is 5.40. The lowest BCUT2D eigenvalue weighted by Crippen LogP contribution is -2.41. The fraction of sp³-hybridized carbons (Fsp3) is 0.171. The molecule has 0 radical (unpaired) electrons. The molecule has 4 aromatic rings. The Bertz CT molecular complexity index is 1660. The zero-order valence-corrected chi connectivity index (χ0v) is 23.3. The van der Waals surface area contributed by atoms with Crippen molar-refractivity contribution in [2.24, 2.45) is 0 Å². The number of nitriles is 2. The fourth-order valence-corrected chi connectivity index (χ4v) is 5.33. The molecule has 1 heterocycles. The maximum atomic E-state index is 13.7. The Balaban J connectivity index is 1.77. The Morgan fingerprint density at radius 1 is 0.780 bits per heavy atom. The van der Waals surface area contributed by atoms with Gasteiger partial charge in [0, 0.05) is 23.5 Å². The van der Waals surface area contributed by atoms with Gasteiger partial charge in [-0.1, -0.05) is 59.7 Å². The molecule has 2 atom stereocenters. The van der Waals surface area contributed by atoms with E-state index in [1.165, 1.54) is 7.11 Å². The van der Waals surface area contributed by atoms with Crippen molar-refractivity contribution in [1.29, 1.82) is 10.5 Å². The predicted molar refractivity (Wildman–Crippen MR) is 160 cm³/mol. The minimum Gasteiger partial charge on any atom is -0.466 e. The Morgan fingerprint density at radius 2 is 1.29 bits per heavy atom. The molecule has 202 valence electrons. The van der Waals surface area contributed by atoms with E-state index in [9.17, 15) is 15.3 Å². The summed E-state index contributed by atoms with van der Waals surface area (Å²) in [6.45, 7) is 4.07. The van der Waals surface area contributed by atoms with Crippen LogP contribution in [0.4, 0.5) is 11.4 Å². The third kappa shape index (κ3) is 5.69. The number of nitrogens with one attached hydrogen (secondary N) is 1. The number of hydrogen-bond acceptors (Lipinski definition) is 6. The van der Waals surface area contributed by atoms with Crippen LogP contribution in [0.25, 0.3) is 0 Å². The van der Waals surface area contributed by atoms with Gasteiger partial charge in [-0.25, -0.2) is 4.79 Å². The summed E-state index contributed by atoms with van der Waals surface area (Å²) in [7, 11) is 1.40. The maximum Gasteiger partial charge on any atom is 0.337 e. The highest BCUT2D eigenvalue weighted by atomic mass is 16.5. The number of rotatable bonds is 6. The first kappa shape index (κ1) is 27.2. The van der Waals surface area contributed by atoms with E-state index in [-0.39, 0.29) is 6.04 Å². The van der Waals surface area contributed by atoms with E-state index in [0.717, 1.165) is 39.3 Å². The molecule has 4 aromatic carbocycles. The zero-order valence-electron chi connectivity index (χ0n) is 23.3. The number of carbonyl (C=O) groups is 1. The van der Waals surface area contributed by atoms with Crippen LogP contribution in [0.15, 0.2) is 108 Å². The molecule has 0 amide bonds. The van der Waals surface area contributed by atoms with E-state index in [1.54, 1.807) is 12.1 Å². The molecule has 0 aromatic heterocycles. The highest BCUT2D eigenvalue weighted by Gasteiger charge is 2.41. The van der Waals surface area contributed by atoms with Gasteiger partial charge < -0.3 is 15.0 Å². The van der Waals surface area contributed by atoms with E-state index < -0.39 is 12.0 Å². The van der Waals surface area contributed by atoms with Gasteiger partial charge in [-0.2, -0.15) is 10.5 Å². The van der Waals surface area contributed by atoms with Crippen molar-refractivity contribution in [2.45, 2.75) is 32.4 Å². The van der Waals surface area contributed by atoms with Gasteiger partial charge >= 0.3 is 5.97 Å². The summed E-state index contributed by atoms with van der Waals surface area (Å²) in [6.07, 6.45) is 0.491. The smallest absolute Gasteiger partial charge is 0.337 e. The average Bonchev–Trinajstić information content (AvgIpc) is 3.02. The standard InChI is InChI=1S/C35H30N4O2/c1-23-4-16-29(17-5-23)38-31-20-32(27-12-8-25(21-36)9-13-27)39(30-18-6-24(2)7-19-30)34(33(31)35(40)41-3)28-14-10-26(22-37)11-15-28/h4-19,32,34,38H,20H2,1-3H3/t32-,34+/m0/s1. The monoisotopic (exact) mass is 538 g/mol. The molecule has 1 aliphatic rings. The molecule has 6 nitrogen and oxygen atoms in total. The lowest BCUT2D eigenvalue weighted by molar-refractivity contribution is -0.136. The number of aryl methyl sites for hydroxylation is 2. The fourth-order valence-electron chi connectivity index (χ4n) is 5.33. The van der Waals surface area contributed by atoms with Crippen LogP contribution in [-0.2, 0) is 9.53 Å². The number of hydrogen-bond donors (Lipinski definition) is 1. The molecule has 0 saturated carbocycles. The molecule has 1 aliphatic heterocycles. The summed E-state index contributed by atoms with van der Waals surface area (Å²) in [5.41, 5.74) is 8.32. The molecule has 0 saturated heterocycles.